The number of rotatable bonds is 3. The lowest BCUT2D eigenvalue weighted by Crippen LogP contribution is -2.59. The Hall–Kier alpha value is -1.51. The highest BCUT2D eigenvalue weighted by Crippen LogP contribution is 2.23. The first-order chi connectivity index (χ1) is 9.54. The molecule has 1 aliphatic rings. The van der Waals surface area contributed by atoms with Crippen LogP contribution in [-0.2, 0) is 9.47 Å². The van der Waals surface area contributed by atoms with Gasteiger partial charge in [-0.2, -0.15) is 0 Å². The molecule has 1 heterocycles. The molecule has 1 aromatic rings. The Bertz CT molecular complexity index is 449. The second-order valence-corrected chi connectivity index (χ2v) is 4.46. The Morgan fingerprint density at radius 1 is 1.15 bits per heavy atom. The molecule has 20 heavy (non-hydrogen) atoms. The Balaban J connectivity index is 2.11. The standard InChI is InChI=1S/C13H16O7/c14-6-8-9(15)11(10(16)13(18)19-8)20-12(17)7-4-2-1-3-5-7/h1-5,8-11,13-16,18H,6H2/t8-,9+,10-,11+,13+/m1/s1. The first kappa shape index (κ1) is 14.9. The van der Waals surface area contributed by atoms with Crippen LogP contribution in [0, 0.1) is 0 Å². The summed E-state index contributed by atoms with van der Waals surface area (Å²) in [6, 6.07) is 8.03. The SMILES string of the molecule is O=C(O[C@@H]1[C@@H](O)[C@@H](O)O[C@H](CO)[C@@H]1O)c1ccccc1. The van der Waals surface area contributed by atoms with E-state index in [0.717, 1.165) is 0 Å². The van der Waals surface area contributed by atoms with Crippen LogP contribution in [0.3, 0.4) is 0 Å². The van der Waals surface area contributed by atoms with Gasteiger partial charge in [-0.25, -0.2) is 4.79 Å². The smallest absolute Gasteiger partial charge is 0.338 e. The van der Waals surface area contributed by atoms with E-state index < -0.39 is 43.3 Å². The topological polar surface area (TPSA) is 116 Å². The van der Waals surface area contributed by atoms with Crippen LogP contribution in [-0.4, -0.2) is 63.7 Å². The summed E-state index contributed by atoms with van der Waals surface area (Å²) in [5.74, 6) is -0.750. The van der Waals surface area contributed by atoms with E-state index in [0.29, 0.717) is 0 Å². The van der Waals surface area contributed by atoms with E-state index in [1.54, 1.807) is 18.2 Å². The number of hydrogen-bond acceptors (Lipinski definition) is 7. The van der Waals surface area contributed by atoms with Gasteiger partial charge < -0.3 is 29.9 Å². The predicted octanol–water partition coefficient (Wildman–Crippen LogP) is -1.36. The molecule has 7 nitrogen and oxygen atoms in total. The first-order valence-electron chi connectivity index (χ1n) is 6.11. The van der Waals surface area contributed by atoms with Crippen molar-refractivity contribution in [3.05, 3.63) is 35.9 Å². The molecule has 110 valence electrons. The van der Waals surface area contributed by atoms with Crippen LogP contribution in [0.4, 0.5) is 0 Å². The average molecular weight is 284 g/mol. The summed E-state index contributed by atoms with van der Waals surface area (Å²) in [5.41, 5.74) is 0.244. The number of esters is 1. The number of carbonyl (C=O) groups excluding carboxylic acids is 1. The number of aliphatic hydroxyl groups is 4. The van der Waals surface area contributed by atoms with Crippen molar-refractivity contribution < 1.29 is 34.7 Å². The zero-order valence-corrected chi connectivity index (χ0v) is 10.5. The van der Waals surface area contributed by atoms with Crippen LogP contribution in [0.25, 0.3) is 0 Å². The summed E-state index contributed by atoms with van der Waals surface area (Å²) in [7, 11) is 0. The molecule has 0 radical (unpaired) electrons. The molecular weight excluding hydrogens is 268 g/mol. The van der Waals surface area contributed by atoms with Crippen molar-refractivity contribution in [2.45, 2.75) is 30.7 Å². The van der Waals surface area contributed by atoms with Gasteiger partial charge in [0.15, 0.2) is 12.4 Å². The third-order valence-corrected chi connectivity index (χ3v) is 3.09. The first-order valence-corrected chi connectivity index (χ1v) is 6.11. The van der Waals surface area contributed by atoms with Crippen LogP contribution < -0.4 is 0 Å². The van der Waals surface area contributed by atoms with E-state index in [4.69, 9.17) is 14.6 Å². The molecule has 1 fully saturated rings. The molecule has 0 unspecified atom stereocenters. The highest BCUT2D eigenvalue weighted by Gasteiger charge is 2.46. The molecule has 1 saturated heterocycles. The number of ether oxygens (including phenoxy) is 2. The Morgan fingerprint density at radius 3 is 2.40 bits per heavy atom. The van der Waals surface area contributed by atoms with Crippen molar-refractivity contribution >= 4 is 5.97 Å². The summed E-state index contributed by atoms with van der Waals surface area (Å²) >= 11 is 0. The molecule has 0 saturated carbocycles. The van der Waals surface area contributed by atoms with E-state index in [-0.39, 0.29) is 5.56 Å². The van der Waals surface area contributed by atoms with Crippen molar-refractivity contribution in [1.82, 2.24) is 0 Å². The molecule has 2 rings (SSSR count). The van der Waals surface area contributed by atoms with Crippen molar-refractivity contribution in [2.24, 2.45) is 0 Å². The van der Waals surface area contributed by atoms with Crippen LogP contribution in [0.5, 0.6) is 0 Å². The number of carbonyl (C=O) groups is 1. The second-order valence-electron chi connectivity index (χ2n) is 4.46. The molecule has 0 aliphatic carbocycles. The highest BCUT2D eigenvalue weighted by atomic mass is 16.7. The van der Waals surface area contributed by atoms with Crippen LogP contribution in [0.2, 0.25) is 0 Å². The van der Waals surface area contributed by atoms with Gasteiger partial charge >= 0.3 is 5.97 Å². The van der Waals surface area contributed by atoms with Crippen LogP contribution in [0.1, 0.15) is 10.4 Å². The Labute approximate surface area is 115 Å². The summed E-state index contributed by atoms with van der Waals surface area (Å²) in [6.45, 7) is -0.579. The minimum Gasteiger partial charge on any atom is -0.453 e. The fourth-order valence-electron chi connectivity index (χ4n) is 1.97. The average Bonchev–Trinajstić information content (AvgIpc) is 2.48. The van der Waals surface area contributed by atoms with Gasteiger partial charge in [0.1, 0.15) is 18.3 Å². The lowest BCUT2D eigenvalue weighted by molar-refractivity contribution is -0.285. The molecule has 5 atom stereocenters. The van der Waals surface area contributed by atoms with E-state index in [2.05, 4.69) is 0 Å². The van der Waals surface area contributed by atoms with E-state index in [1.807, 2.05) is 0 Å². The molecule has 0 amide bonds. The second kappa shape index (κ2) is 6.29. The van der Waals surface area contributed by atoms with Crippen molar-refractivity contribution in [1.29, 1.82) is 0 Å². The fourth-order valence-corrected chi connectivity index (χ4v) is 1.97. The molecule has 1 aromatic carbocycles. The predicted molar refractivity (Wildman–Crippen MR) is 65.6 cm³/mol. The lowest BCUT2D eigenvalue weighted by Gasteiger charge is -2.39. The number of aliphatic hydroxyl groups excluding tert-OH is 4. The van der Waals surface area contributed by atoms with Crippen molar-refractivity contribution in [3.8, 4) is 0 Å². The maximum Gasteiger partial charge on any atom is 0.338 e. The van der Waals surface area contributed by atoms with E-state index in [1.165, 1.54) is 12.1 Å². The molecule has 1 aliphatic heterocycles. The largest absolute Gasteiger partial charge is 0.453 e. The van der Waals surface area contributed by atoms with Crippen LogP contribution >= 0.6 is 0 Å². The maximum absolute atomic E-state index is 11.9. The lowest BCUT2D eigenvalue weighted by atomic mass is 9.99. The molecular formula is C13H16O7. The maximum atomic E-state index is 11.9. The van der Waals surface area contributed by atoms with Gasteiger partial charge in [0.05, 0.1) is 12.2 Å². The van der Waals surface area contributed by atoms with E-state index >= 15 is 0 Å². The normalized spacial score (nSPS) is 33.7. The van der Waals surface area contributed by atoms with Gasteiger partial charge in [-0.3, -0.25) is 0 Å². The van der Waals surface area contributed by atoms with Crippen LogP contribution in [0.15, 0.2) is 30.3 Å². The molecule has 0 spiro atoms. The zero-order valence-electron chi connectivity index (χ0n) is 10.5. The van der Waals surface area contributed by atoms with Crippen molar-refractivity contribution in [3.63, 3.8) is 0 Å². The minimum absolute atomic E-state index is 0.244. The third-order valence-electron chi connectivity index (χ3n) is 3.09. The third kappa shape index (κ3) is 2.97. The Morgan fingerprint density at radius 2 is 1.80 bits per heavy atom. The van der Waals surface area contributed by atoms with E-state index in [9.17, 15) is 20.1 Å². The van der Waals surface area contributed by atoms with Gasteiger partial charge in [0.25, 0.3) is 0 Å². The quantitative estimate of drug-likeness (QED) is 0.507. The number of hydrogen-bond donors (Lipinski definition) is 4. The van der Waals surface area contributed by atoms with Crippen molar-refractivity contribution in [2.75, 3.05) is 6.61 Å². The van der Waals surface area contributed by atoms with Gasteiger partial charge in [-0.1, -0.05) is 18.2 Å². The zero-order chi connectivity index (χ0) is 14.7. The summed E-state index contributed by atoms with van der Waals surface area (Å²) in [6.07, 6.45) is -7.21. The highest BCUT2D eigenvalue weighted by molar-refractivity contribution is 5.89. The van der Waals surface area contributed by atoms with Gasteiger partial charge in [-0.05, 0) is 12.1 Å². The molecule has 0 aromatic heterocycles. The summed E-state index contributed by atoms with van der Waals surface area (Å²) < 4.78 is 9.81. The summed E-state index contributed by atoms with van der Waals surface area (Å²) in [5, 5.41) is 38.1. The Kier molecular flexibility index (Phi) is 4.69. The minimum atomic E-state index is -1.65. The summed E-state index contributed by atoms with van der Waals surface area (Å²) in [4.78, 5) is 11.9. The molecule has 4 N–H and O–H groups in total. The van der Waals surface area contributed by atoms with Gasteiger partial charge in [-0.15, -0.1) is 0 Å². The molecule has 7 heteroatoms. The molecule has 0 bridgehead atoms. The number of benzene rings is 1. The fraction of sp³-hybridized carbons (Fsp3) is 0.462. The van der Waals surface area contributed by atoms with Gasteiger partial charge in [0, 0.05) is 0 Å². The monoisotopic (exact) mass is 284 g/mol. The van der Waals surface area contributed by atoms with Gasteiger partial charge in [0.2, 0.25) is 0 Å².